The molecule has 0 amide bonds. The van der Waals surface area contributed by atoms with Gasteiger partial charge in [0.1, 0.15) is 0 Å². The summed E-state index contributed by atoms with van der Waals surface area (Å²) in [6.07, 6.45) is 2.10. The summed E-state index contributed by atoms with van der Waals surface area (Å²) in [6, 6.07) is 57.5. The van der Waals surface area contributed by atoms with Crippen LogP contribution >= 0.6 is 11.3 Å². The smallest absolute Gasteiger partial charge is 0.194 e. The second kappa shape index (κ2) is 10.5. The Morgan fingerprint density at radius 1 is 0.400 bits per heavy atom. The zero-order valence-electron chi connectivity index (χ0n) is 26.9. The molecule has 0 fully saturated rings. The molecule has 4 aromatic heterocycles. The second-order valence-corrected chi connectivity index (χ2v) is 13.8. The van der Waals surface area contributed by atoms with E-state index in [1.165, 1.54) is 65.9 Å². The Morgan fingerprint density at radius 2 is 0.960 bits per heavy atom. The molecule has 50 heavy (non-hydrogen) atoms. The van der Waals surface area contributed by atoms with Gasteiger partial charge in [0.2, 0.25) is 0 Å². The molecule has 0 saturated carbocycles. The largest absolute Gasteiger partial charge is 0.309 e. The molecule has 0 bridgehead atoms. The van der Waals surface area contributed by atoms with Crippen LogP contribution in [-0.2, 0) is 0 Å². The second-order valence-electron chi connectivity index (χ2n) is 12.9. The van der Waals surface area contributed by atoms with E-state index in [2.05, 4.69) is 183 Å². The van der Waals surface area contributed by atoms with Crippen LogP contribution in [0.4, 0.5) is 0 Å². The molecule has 7 aromatic carbocycles. The van der Waals surface area contributed by atoms with Crippen LogP contribution < -0.4 is 0 Å². The van der Waals surface area contributed by atoms with Crippen molar-refractivity contribution in [1.82, 2.24) is 18.5 Å². The van der Waals surface area contributed by atoms with E-state index in [0.29, 0.717) is 0 Å². The highest BCUT2D eigenvalue weighted by Crippen LogP contribution is 2.38. The zero-order valence-corrected chi connectivity index (χ0v) is 27.7. The summed E-state index contributed by atoms with van der Waals surface area (Å²) in [5.41, 5.74) is 14.0. The van der Waals surface area contributed by atoms with Gasteiger partial charge >= 0.3 is 0 Å². The van der Waals surface area contributed by atoms with E-state index in [-0.39, 0.29) is 0 Å². The Kier molecular flexibility index (Phi) is 5.80. The van der Waals surface area contributed by atoms with Crippen molar-refractivity contribution in [3.63, 3.8) is 0 Å². The lowest BCUT2D eigenvalue weighted by molar-refractivity contribution is 1.17. The third kappa shape index (κ3) is 4.01. The van der Waals surface area contributed by atoms with Crippen LogP contribution in [0.3, 0.4) is 0 Å². The molecule has 0 unspecified atom stereocenters. The lowest BCUT2D eigenvalue weighted by Gasteiger charge is -2.12. The first-order valence-corrected chi connectivity index (χ1v) is 17.7. The van der Waals surface area contributed by atoms with Crippen LogP contribution in [0.2, 0.25) is 0 Å². The van der Waals surface area contributed by atoms with E-state index in [1.807, 2.05) is 0 Å². The summed E-state index contributed by atoms with van der Waals surface area (Å²) < 4.78 is 6.99. The van der Waals surface area contributed by atoms with Gasteiger partial charge in [0.05, 0.1) is 33.1 Å². The Labute approximate surface area is 291 Å². The Hall–Kier alpha value is -6.43. The molecule has 4 nitrogen and oxygen atoms in total. The van der Waals surface area contributed by atoms with Crippen molar-refractivity contribution >= 4 is 70.9 Å². The lowest BCUT2D eigenvalue weighted by Crippen LogP contribution is -1.96. The quantitative estimate of drug-likeness (QED) is 0.185. The highest BCUT2D eigenvalue weighted by atomic mass is 32.1. The van der Waals surface area contributed by atoms with E-state index in [9.17, 15) is 0 Å². The normalized spacial score (nSPS) is 12.0. The predicted octanol–water partition coefficient (Wildman–Crippen LogP) is 12.1. The topological polar surface area (TPSA) is 27.2 Å². The maximum absolute atomic E-state index is 4.77. The molecule has 0 aliphatic heterocycles. The number of fused-ring (bicyclic) bond motifs is 9. The number of aromatic nitrogens is 4. The highest BCUT2D eigenvalue weighted by molar-refractivity contribution is 7.15. The molecule has 0 spiro atoms. The van der Waals surface area contributed by atoms with E-state index < -0.39 is 0 Å². The molecule has 0 aliphatic rings. The van der Waals surface area contributed by atoms with Gasteiger partial charge in [-0.25, -0.2) is 4.98 Å². The Bertz CT molecular complexity index is 3060. The number of hydrogen-bond acceptors (Lipinski definition) is 2. The van der Waals surface area contributed by atoms with Crippen LogP contribution in [0, 0.1) is 0 Å². The monoisotopic (exact) mass is 656 g/mol. The molecule has 0 saturated heterocycles. The number of benzene rings is 7. The van der Waals surface area contributed by atoms with Crippen molar-refractivity contribution in [3.8, 4) is 33.6 Å². The number of rotatable bonds is 4. The zero-order chi connectivity index (χ0) is 32.8. The molecule has 11 rings (SSSR count). The van der Waals surface area contributed by atoms with Gasteiger partial charge in [-0.05, 0) is 89.0 Å². The van der Waals surface area contributed by atoms with Gasteiger partial charge in [0.25, 0.3) is 0 Å². The molecule has 0 radical (unpaired) electrons. The first-order chi connectivity index (χ1) is 24.8. The fraction of sp³-hybridized carbons (Fsp3) is 0. The number of hydrogen-bond donors (Lipinski definition) is 0. The van der Waals surface area contributed by atoms with Gasteiger partial charge in [-0.15, -0.1) is 11.3 Å². The highest BCUT2D eigenvalue weighted by Gasteiger charge is 2.17. The van der Waals surface area contributed by atoms with Crippen molar-refractivity contribution in [1.29, 1.82) is 0 Å². The fourth-order valence-corrected chi connectivity index (χ4v) is 8.64. The molecule has 0 aliphatic carbocycles. The minimum atomic E-state index is 1.02. The van der Waals surface area contributed by atoms with Crippen LogP contribution in [0.15, 0.2) is 169 Å². The standard InChI is InChI=1S/C45H28N4S/c1-4-16-40-35(13-1)36-14-2-5-17-41(36)49(40)34-20-22-43-38(28-34)37-15-3-6-18-42(37)48(43)33-12-8-11-31(26-33)29-9-7-10-30(25-29)32-19-21-39-44(27-32)47-23-24-50-45(47)46-39/h1-28H. The third-order valence-corrected chi connectivity index (χ3v) is 10.9. The summed E-state index contributed by atoms with van der Waals surface area (Å²) in [5.74, 6) is 0. The maximum atomic E-state index is 4.77. The first-order valence-electron chi connectivity index (χ1n) is 16.9. The summed E-state index contributed by atoms with van der Waals surface area (Å²) >= 11 is 1.66. The maximum Gasteiger partial charge on any atom is 0.194 e. The lowest BCUT2D eigenvalue weighted by atomic mass is 9.98. The number of nitrogens with zero attached hydrogens (tertiary/aromatic N) is 4. The van der Waals surface area contributed by atoms with E-state index in [4.69, 9.17) is 4.98 Å². The van der Waals surface area contributed by atoms with E-state index in [1.54, 1.807) is 11.3 Å². The van der Waals surface area contributed by atoms with Crippen molar-refractivity contribution in [2.75, 3.05) is 0 Å². The summed E-state index contributed by atoms with van der Waals surface area (Å²) in [6.45, 7) is 0. The van der Waals surface area contributed by atoms with Crippen molar-refractivity contribution in [2.45, 2.75) is 0 Å². The molecule has 11 aromatic rings. The molecule has 234 valence electrons. The fourth-order valence-electron chi connectivity index (χ4n) is 7.91. The van der Waals surface area contributed by atoms with Gasteiger partial charge < -0.3 is 9.13 Å². The Morgan fingerprint density at radius 3 is 1.66 bits per heavy atom. The van der Waals surface area contributed by atoms with Crippen molar-refractivity contribution < 1.29 is 0 Å². The average Bonchev–Trinajstić information content (AvgIpc) is 3.94. The SMILES string of the molecule is c1cc(-c2cccc(-n3c4ccccc4c4cc(-n5c6ccccc6c6ccccc65)ccc43)c2)cc(-c2ccc3nc4sccn4c3c2)c1. The summed E-state index contributed by atoms with van der Waals surface area (Å²) in [7, 11) is 0. The van der Waals surface area contributed by atoms with Crippen LogP contribution in [0.1, 0.15) is 0 Å². The average molecular weight is 657 g/mol. The molecule has 0 N–H and O–H groups in total. The summed E-state index contributed by atoms with van der Waals surface area (Å²) in [5, 5.41) is 7.11. The van der Waals surface area contributed by atoms with Gasteiger partial charge in [-0.3, -0.25) is 4.40 Å². The van der Waals surface area contributed by atoms with Crippen molar-refractivity contribution in [2.24, 2.45) is 0 Å². The van der Waals surface area contributed by atoms with E-state index in [0.717, 1.165) is 27.4 Å². The Balaban J connectivity index is 1.05. The number of thiazole rings is 1. The molecule has 0 atom stereocenters. The minimum Gasteiger partial charge on any atom is -0.309 e. The summed E-state index contributed by atoms with van der Waals surface area (Å²) in [4.78, 5) is 5.80. The minimum absolute atomic E-state index is 1.02. The van der Waals surface area contributed by atoms with Crippen LogP contribution in [-0.4, -0.2) is 18.5 Å². The first kappa shape index (κ1) is 27.5. The van der Waals surface area contributed by atoms with Crippen LogP contribution in [0.5, 0.6) is 0 Å². The molecule has 5 heteroatoms. The van der Waals surface area contributed by atoms with Gasteiger partial charge in [0, 0.05) is 44.5 Å². The van der Waals surface area contributed by atoms with Crippen LogP contribution in [0.25, 0.3) is 93.2 Å². The number of para-hydroxylation sites is 3. The van der Waals surface area contributed by atoms with E-state index >= 15 is 0 Å². The van der Waals surface area contributed by atoms with Gasteiger partial charge in [0.15, 0.2) is 4.96 Å². The number of imidazole rings is 1. The van der Waals surface area contributed by atoms with Crippen molar-refractivity contribution in [3.05, 3.63) is 169 Å². The molecular formula is C45H28N4S. The third-order valence-electron chi connectivity index (χ3n) is 10.2. The molecule has 4 heterocycles. The van der Waals surface area contributed by atoms with Gasteiger partial charge in [-0.1, -0.05) is 91.0 Å². The van der Waals surface area contributed by atoms with Gasteiger partial charge in [-0.2, -0.15) is 0 Å². The molecular weight excluding hydrogens is 629 g/mol. The predicted molar refractivity (Wildman–Crippen MR) is 210 cm³/mol.